The molecule has 0 fully saturated rings. The maximum Gasteiger partial charge on any atom is 0.118 e. The average molecular weight is 255 g/mol. The van der Waals surface area contributed by atoms with Gasteiger partial charge < -0.3 is 10.4 Å². The first kappa shape index (κ1) is 13.5. The van der Waals surface area contributed by atoms with E-state index in [0.717, 1.165) is 23.4 Å². The standard InChI is InChI=1S/C17H21NO/c1-11-5-6-12(2)15(7-11)10-18-16-8-14(4)17(19)9-13(16)3/h5-9,18-19H,10H2,1-4H3. The van der Waals surface area contributed by atoms with Gasteiger partial charge in [-0.25, -0.2) is 0 Å². The van der Waals surface area contributed by atoms with E-state index in [1.807, 2.05) is 19.9 Å². The molecular weight excluding hydrogens is 234 g/mol. The first-order valence-electron chi connectivity index (χ1n) is 6.57. The molecule has 0 atom stereocenters. The van der Waals surface area contributed by atoms with Gasteiger partial charge in [0.1, 0.15) is 5.75 Å². The minimum atomic E-state index is 0.356. The zero-order chi connectivity index (χ0) is 14.0. The monoisotopic (exact) mass is 255 g/mol. The predicted molar refractivity (Wildman–Crippen MR) is 80.8 cm³/mol. The van der Waals surface area contributed by atoms with Crippen LogP contribution in [0.2, 0.25) is 0 Å². The molecule has 0 unspecified atom stereocenters. The zero-order valence-electron chi connectivity index (χ0n) is 12.0. The average Bonchev–Trinajstić information content (AvgIpc) is 2.36. The van der Waals surface area contributed by atoms with E-state index in [1.54, 1.807) is 6.07 Å². The molecule has 0 spiro atoms. The van der Waals surface area contributed by atoms with E-state index in [2.05, 4.69) is 37.4 Å². The molecule has 2 aromatic carbocycles. The van der Waals surface area contributed by atoms with E-state index in [0.29, 0.717) is 5.75 Å². The molecule has 0 aromatic heterocycles. The van der Waals surface area contributed by atoms with E-state index < -0.39 is 0 Å². The Balaban J connectivity index is 2.19. The highest BCUT2D eigenvalue weighted by molar-refractivity contribution is 5.57. The van der Waals surface area contributed by atoms with Crippen molar-refractivity contribution >= 4 is 5.69 Å². The van der Waals surface area contributed by atoms with Gasteiger partial charge in [-0.1, -0.05) is 23.8 Å². The fraction of sp³-hybridized carbons (Fsp3) is 0.294. The van der Waals surface area contributed by atoms with Crippen LogP contribution in [0.5, 0.6) is 5.75 Å². The van der Waals surface area contributed by atoms with Crippen molar-refractivity contribution in [2.75, 3.05) is 5.32 Å². The fourth-order valence-corrected chi connectivity index (χ4v) is 2.17. The highest BCUT2D eigenvalue weighted by Crippen LogP contribution is 2.25. The lowest BCUT2D eigenvalue weighted by molar-refractivity contribution is 0.471. The summed E-state index contributed by atoms with van der Waals surface area (Å²) in [5, 5.41) is 13.1. The lowest BCUT2D eigenvalue weighted by atomic mass is 10.0. The molecule has 0 aliphatic rings. The predicted octanol–water partition coefficient (Wildman–Crippen LogP) is 4.24. The molecule has 0 heterocycles. The number of aryl methyl sites for hydroxylation is 4. The zero-order valence-corrected chi connectivity index (χ0v) is 12.0. The van der Waals surface area contributed by atoms with Crippen LogP contribution in [0.25, 0.3) is 0 Å². The highest BCUT2D eigenvalue weighted by Gasteiger charge is 2.04. The Labute approximate surface area is 115 Å². The van der Waals surface area contributed by atoms with Crippen molar-refractivity contribution in [1.29, 1.82) is 0 Å². The van der Waals surface area contributed by atoms with Crippen molar-refractivity contribution in [3.8, 4) is 5.75 Å². The van der Waals surface area contributed by atoms with E-state index >= 15 is 0 Å². The van der Waals surface area contributed by atoms with Crippen LogP contribution in [0.4, 0.5) is 5.69 Å². The van der Waals surface area contributed by atoms with Gasteiger partial charge in [-0.3, -0.25) is 0 Å². The number of hydrogen-bond acceptors (Lipinski definition) is 2. The van der Waals surface area contributed by atoms with Crippen LogP contribution in [0, 0.1) is 27.7 Å². The molecule has 0 amide bonds. The summed E-state index contributed by atoms with van der Waals surface area (Å²) < 4.78 is 0. The number of phenols is 1. The summed E-state index contributed by atoms with van der Waals surface area (Å²) in [5.74, 6) is 0.356. The Kier molecular flexibility index (Phi) is 3.79. The Bertz CT molecular complexity index is 602. The molecule has 2 rings (SSSR count). The third kappa shape index (κ3) is 3.08. The summed E-state index contributed by atoms with van der Waals surface area (Å²) in [7, 11) is 0. The van der Waals surface area contributed by atoms with Crippen molar-refractivity contribution < 1.29 is 5.11 Å². The topological polar surface area (TPSA) is 32.3 Å². The first-order chi connectivity index (χ1) is 8.97. The number of rotatable bonds is 3. The Morgan fingerprint density at radius 1 is 0.895 bits per heavy atom. The molecule has 0 radical (unpaired) electrons. The van der Waals surface area contributed by atoms with Crippen molar-refractivity contribution in [2.45, 2.75) is 34.2 Å². The van der Waals surface area contributed by atoms with Gasteiger partial charge in [0, 0.05) is 12.2 Å². The van der Waals surface area contributed by atoms with Gasteiger partial charge in [-0.05, 0) is 62.1 Å². The molecule has 2 nitrogen and oxygen atoms in total. The summed E-state index contributed by atoms with van der Waals surface area (Å²) in [6.45, 7) is 8.96. The molecule has 2 aromatic rings. The molecule has 19 heavy (non-hydrogen) atoms. The summed E-state index contributed by atoms with van der Waals surface area (Å²) in [6, 6.07) is 10.3. The third-order valence-electron chi connectivity index (χ3n) is 3.52. The second-order valence-electron chi connectivity index (χ2n) is 5.24. The van der Waals surface area contributed by atoms with Crippen LogP contribution in [0.1, 0.15) is 27.8 Å². The van der Waals surface area contributed by atoms with Gasteiger partial charge in [0.15, 0.2) is 0 Å². The van der Waals surface area contributed by atoms with E-state index in [1.165, 1.54) is 16.7 Å². The SMILES string of the molecule is Cc1ccc(C)c(CNc2cc(C)c(O)cc2C)c1. The van der Waals surface area contributed by atoms with Crippen LogP contribution in [-0.4, -0.2) is 5.11 Å². The summed E-state index contributed by atoms with van der Waals surface area (Å²) >= 11 is 0. The van der Waals surface area contributed by atoms with Crippen molar-refractivity contribution in [1.82, 2.24) is 0 Å². The highest BCUT2D eigenvalue weighted by atomic mass is 16.3. The number of hydrogen-bond donors (Lipinski definition) is 2. The van der Waals surface area contributed by atoms with Crippen molar-refractivity contribution in [3.05, 3.63) is 58.1 Å². The van der Waals surface area contributed by atoms with Crippen molar-refractivity contribution in [2.24, 2.45) is 0 Å². The van der Waals surface area contributed by atoms with Crippen LogP contribution in [0.15, 0.2) is 30.3 Å². The third-order valence-corrected chi connectivity index (χ3v) is 3.52. The second-order valence-corrected chi connectivity index (χ2v) is 5.24. The van der Waals surface area contributed by atoms with Gasteiger partial charge >= 0.3 is 0 Å². The summed E-state index contributed by atoms with van der Waals surface area (Å²) in [6.07, 6.45) is 0. The Hall–Kier alpha value is -1.96. The maximum atomic E-state index is 9.66. The van der Waals surface area contributed by atoms with Gasteiger partial charge in [0.25, 0.3) is 0 Å². The van der Waals surface area contributed by atoms with Gasteiger partial charge in [-0.2, -0.15) is 0 Å². The van der Waals surface area contributed by atoms with Crippen LogP contribution >= 0.6 is 0 Å². The smallest absolute Gasteiger partial charge is 0.118 e. The number of phenolic OH excluding ortho intramolecular Hbond substituents is 1. The molecule has 2 heteroatoms. The first-order valence-corrected chi connectivity index (χ1v) is 6.57. The van der Waals surface area contributed by atoms with Gasteiger partial charge in [0.2, 0.25) is 0 Å². The number of anilines is 1. The molecule has 0 aliphatic carbocycles. The maximum absolute atomic E-state index is 9.66. The minimum Gasteiger partial charge on any atom is -0.508 e. The normalized spacial score (nSPS) is 10.5. The minimum absolute atomic E-state index is 0.356. The Morgan fingerprint density at radius 3 is 2.37 bits per heavy atom. The van der Waals surface area contributed by atoms with Crippen molar-refractivity contribution in [3.63, 3.8) is 0 Å². The lowest BCUT2D eigenvalue weighted by Gasteiger charge is -2.13. The van der Waals surface area contributed by atoms with Gasteiger partial charge in [0.05, 0.1) is 0 Å². The molecule has 0 saturated heterocycles. The number of benzene rings is 2. The summed E-state index contributed by atoms with van der Waals surface area (Å²) in [4.78, 5) is 0. The second kappa shape index (κ2) is 5.35. The van der Waals surface area contributed by atoms with E-state index in [-0.39, 0.29) is 0 Å². The number of aromatic hydroxyl groups is 1. The molecule has 2 N–H and O–H groups in total. The largest absolute Gasteiger partial charge is 0.508 e. The van der Waals surface area contributed by atoms with E-state index in [4.69, 9.17) is 0 Å². The molecule has 0 aliphatic heterocycles. The van der Waals surface area contributed by atoms with Gasteiger partial charge in [-0.15, -0.1) is 0 Å². The number of nitrogens with one attached hydrogen (secondary N) is 1. The molecular formula is C17H21NO. The summed E-state index contributed by atoms with van der Waals surface area (Å²) in [5.41, 5.74) is 6.93. The van der Waals surface area contributed by atoms with E-state index in [9.17, 15) is 5.11 Å². The van der Waals surface area contributed by atoms with Crippen LogP contribution in [0.3, 0.4) is 0 Å². The molecule has 100 valence electrons. The Morgan fingerprint density at radius 2 is 1.63 bits per heavy atom. The molecule has 0 bridgehead atoms. The van der Waals surface area contributed by atoms with Crippen LogP contribution < -0.4 is 5.32 Å². The van der Waals surface area contributed by atoms with Crippen LogP contribution in [-0.2, 0) is 6.54 Å². The fourth-order valence-electron chi connectivity index (χ4n) is 2.17. The molecule has 0 saturated carbocycles. The lowest BCUT2D eigenvalue weighted by Crippen LogP contribution is -2.03. The quantitative estimate of drug-likeness (QED) is 0.804.